The standard InChI is InChI=1S/C11H18N2/c1-5-13(6-2)11(4)9-10(3)7-8-12/h7,9H,5-6H2,1-4H3/b10-7-,11-9+. The van der Waals surface area contributed by atoms with Gasteiger partial charge in [-0.15, -0.1) is 0 Å². The number of nitrogens with zero attached hydrogens (tertiary/aromatic N) is 2. The average molecular weight is 178 g/mol. The maximum absolute atomic E-state index is 8.43. The van der Waals surface area contributed by atoms with Crippen molar-refractivity contribution in [3.05, 3.63) is 23.4 Å². The number of allylic oxidation sites excluding steroid dienone is 4. The van der Waals surface area contributed by atoms with Gasteiger partial charge in [0.2, 0.25) is 0 Å². The topological polar surface area (TPSA) is 27.0 Å². The average Bonchev–Trinajstić information content (AvgIpc) is 2.06. The molecular formula is C11H18N2. The van der Waals surface area contributed by atoms with Crippen molar-refractivity contribution in [2.75, 3.05) is 13.1 Å². The SMILES string of the molecule is CCN(CC)/C(C)=C/C(C)=C\C#N. The van der Waals surface area contributed by atoms with Crippen LogP contribution in [-0.4, -0.2) is 18.0 Å². The molecule has 2 nitrogen and oxygen atoms in total. The minimum Gasteiger partial charge on any atom is -0.376 e. The molecule has 0 atom stereocenters. The summed E-state index contributed by atoms with van der Waals surface area (Å²) in [5, 5.41) is 8.43. The van der Waals surface area contributed by atoms with Crippen LogP contribution in [0.3, 0.4) is 0 Å². The van der Waals surface area contributed by atoms with Crippen LogP contribution in [0.2, 0.25) is 0 Å². The monoisotopic (exact) mass is 178 g/mol. The van der Waals surface area contributed by atoms with E-state index in [-0.39, 0.29) is 0 Å². The number of hydrogen-bond acceptors (Lipinski definition) is 2. The molecule has 0 rings (SSSR count). The molecule has 0 N–H and O–H groups in total. The first-order valence-corrected chi connectivity index (χ1v) is 4.65. The molecule has 0 heterocycles. The van der Waals surface area contributed by atoms with Gasteiger partial charge in [0, 0.05) is 24.9 Å². The molecule has 13 heavy (non-hydrogen) atoms. The van der Waals surface area contributed by atoms with Gasteiger partial charge in [-0.2, -0.15) is 5.26 Å². The molecule has 0 aliphatic rings. The molecule has 0 bridgehead atoms. The van der Waals surface area contributed by atoms with Gasteiger partial charge in [0.05, 0.1) is 6.07 Å². The van der Waals surface area contributed by atoms with Gasteiger partial charge in [-0.3, -0.25) is 0 Å². The highest BCUT2D eigenvalue weighted by atomic mass is 15.1. The molecule has 0 saturated heterocycles. The number of hydrogen-bond donors (Lipinski definition) is 0. The number of rotatable bonds is 4. The van der Waals surface area contributed by atoms with E-state index in [1.807, 2.05) is 19.1 Å². The lowest BCUT2D eigenvalue weighted by atomic mass is 10.2. The van der Waals surface area contributed by atoms with Crippen molar-refractivity contribution in [2.24, 2.45) is 0 Å². The second kappa shape index (κ2) is 6.30. The fourth-order valence-corrected chi connectivity index (χ4v) is 1.29. The highest BCUT2D eigenvalue weighted by Gasteiger charge is 1.98. The largest absolute Gasteiger partial charge is 0.376 e. The zero-order valence-electron chi connectivity index (χ0n) is 8.96. The van der Waals surface area contributed by atoms with Crippen LogP contribution in [0.15, 0.2) is 23.4 Å². The fourth-order valence-electron chi connectivity index (χ4n) is 1.29. The van der Waals surface area contributed by atoms with Gasteiger partial charge < -0.3 is 4.90 Å². The van der Waals surface area contributed by atoms with E-state index in [0.29, 0.717) is 0 Å². The molecule has 0 radical (unpaired) electrons. The molecule has 0 saturated carbocycles. The quantitative estimate of drug-likeness (QED) is 0.489. The van der Waals surface area contributed by atoms with Crippen molar-refractivity contribution >= 4 is 0 Å². The third kappa shape index (κ3) is 4.37. The molecule has 0 spiro atoms. The summed E-state index contributed by atoms with van der Waals surface area (Å²) in [4.78, 5) is 2.26. The van der Waals surface area contributed by atoms with Crippen LogP contribution in [0.5, 0.6) is 0 Å². The van der Waals surface area contributed by atoms with Crippen LogP contribution >= 0.6 is 0 Å². The van der Waals surface area contributed by atoms with Crippen molar-refractivity contribution in [1.82, 2.24) is 4.90 Å². The molecule has 0 aromatic rings. The maximum Gasteiger partial charge on any atom is 0.0914 e. The highest BCUT2D eigenvalue weighted by Crippen LogP contribution is 2.06. The van der Waals surface area contributed by atoms with E-state index in [1.54, 1.807) is 6.08 Å². The third-order valence-corrected chi connectivity index (χ3v) is 1.99. The van der Waals surface area contributed by atoms with E-state index >= 15 is 0 Å². The van der Waals surface area contributed by atoms with Gasteiger partial charge in [-0.1, -0.05) is 0 Å². The molecule has 0 fully saturated rings. The summed E-state index contributed by atoms with van der Waals surface area (Å²) < 4.78 is 0. The fraction of sp³-hybridized carbons (Fsp3) is 0.545. The molecule has 0 aromatic carbocycles. The van der Waals surface area contributed by atoms with Gasteiger partial charge in [0.25, 0.3) is 0 Å². The van der Waals surface area contributed by atoms with E-state index in [9.17, 15) is 0 Å². The molecular weight excluding hydrogens is 160 g/mol. The zero-order valence-corrected chi connectivity index (χ0v) is 8.96. The summed E-state index contributed by atoms with van der Waals surface area (Å²) in [6.07, 6.45) is 3.60. The van der Waals surface area contributed by atoms with Gasteiger partial charge in [-0.05, 0) is 39.3 Å². The van der Waals surface area contributed by atoms with Crippen molar-refractivity contribution in [3.63, 3.8) is 0 Å². The van der Waals surface area contributed by atoms with E-state index in [0.717, 1.165) is 18.7 Å². The van der Waals surface area contributed by atoms with Crippen LogP contribution in [0, 0.1) is 11.3 Å². The summed E-state index contributed by atoms with van der Waals surface area (Å²) in [6, 6.07) is 2.02. The Labute approximate surface area is 81.2 Å². The summed E-state index contributed by atoms with van der Waals surface area (Å²) in [7, 11) is 0. The Balaban J connectivity index is 4.48. The Morgan fingerprint density at radius 3 is 2.23 bits per heavy atom. The first kappa shape index (κ1) is 11.8. The molecule has 0 aliphatic heterocycles. The Morgan fingerprint density at radius 2 is 1.85 bits per heavy atom. The predicted octanol–water partition coefficient (Wildman–Crippen LogP) is 2.70. The predicted molar refractivity (Wildman–Crippen MR) is 56.0 cm³/mol. The van der Waals surface area contributed by atoms with Crippen LogP contribution in [0.4, 0.5) is 0 Å². The summed E-state index contributed by atoms with van der Waals surface area (Å²) in [6.45, 7) is 10.3. The Hall–Kier alpha value is -1.23. The van der Waals surface area contributed by atoms with Crippen molar-refractivity contribution in [3.8, 4) is 6.07 Å². The smallest absolute Gasteiger partial charge is 0.0914 e. The van der Waals surface area contributed by atoms with Crippen LogP contribution < -0.4 is 0 Å². The van der Waals surface area contributed by atoms with Crippen LogP contribution in [-0.2, 0) is 0 Å². The van der Waals surface area contributed by atoms with Crippen LogP contribution in [0.25, 0.3) is 0 Å². The minimum absolute atomic E-state index is 1.01. The number of nitriles is 1. The van der Waals surface area contributed by atoms with Gasteiger partial charge in [-0.25, -0.2) is 0 Å². The van der Waals surface area contributed by atoms with E-state index in [4.69, 9.17) is 5.26 Å². The lowest BCUT2D eigenvalue weighted by molar-refractivity contribution is 0.383. The lowest BCUT2D eigenvalue weighted by Crippen LogP contribution is -2.20. The van der Waals surface area contributed by atoms with E-state index < -0.39 is 0 Å². The first-order valence-electron chi connectivity index (χ1n) is 4.65. The normalized spacial score (nSPS) is 12.5. The van der Waals surface area contributed by atoms with Gasteiger partial charge >= 0.3 is 0 Å². The maximum atomic E-state index is 8.43. The van der Waals surface area contributed by atoms with Crippen molar-refractivity contribution in [2.45, 2.75) is 27.7 Å². The molecule has 0 aromatic heterocycles. The molecule has 2 heteroatoms. The van der Waals surface area contributed by atoms with Crippen molar-refractivity contribution in [1.29, 1.82) is 5.26 Å². The van der Waals surface area contributed by atoms with E-state index in [1.165, 1.54) is 5.70 Å². The third-order valence-electron chi connectivity index (χ3n) is 1.99. The highest BCUT2D eigenvalue weighted by molar-refractivity contribution is 5.25. The Morgan fingerprint density at radius 1 is 1.31 bits per heavy atom. The second-order valence-corrected chi connectivity index (χ2v) is 2.98. The summed E-state index contributed by atoms with van der Waals surface area (Å²) >= 11 is 0. The van der Waals surface area contributed by atoms with E-state index in [2.05, 4.69) is 25.7 Å². The minimum atomic E-state index is 1.01. The first-order chi connectivity index (χ1) is 6.15. The Kier molecular flexibility index (Phi) is 5.71. The lowest BCUT2D eigenvalue weighted by Gasteiger charge is -2.21. The molecule has 72 valence electrons. The summed E-state index contributed by atoms with van der Waals surface area (Å²) in [5.74, 6) is 0. The van der Waals surface area contributed by atoms with Crippen LogP contribution in [0.1, 0.15) is 27.7 Å². The molecule has 0 unspecified atom stereocenters. The van der Waals surface area contributed by atoms with Gasteiger partial charge in [0.15, 0.2) is 0 Å². The second-order valence-electron chi connectivity index (χ2n) is 2.98. The zero-order chi connectivity index (χ0) is 10.3. The van der Waals surface area contributed by atoms with Crippen molar-refractivity contribution < 1.29 is 0 Å². The molecule has 0 amide bonds. The molecule has 0 aliphatic carbocycles. The Bertz CT molecular complexity index is 239. The van der Waals surface area contributed by atoms with Gasteiger partial charge in [0.1, 0.15) is 0 Å². The summed E-state index contributed by atoms with van der Waals surface area (Å²) in [5.41, 5.74) is 2.22.